The van der Waals surface area contributed by atoms with Crippen LogP contribution in [0.5, 0.6) is 0 Å². The molecule has 1 N–H and O–H groups in total. The zero-order valence-corrected chi connectivity index (χ0v) is 20.7. The lowest BCUT2D eigenvalue weighted by molar-refractivity contribution is -0.116. The van der Waals surface area contributed by atoms with Crippen LogP contribution in [0.25, 0.3) is 16.9 Å². The lowest BCUT2D eigenvalue weighted by Crippen LogP contribution is -2.38. The number of hydrogen-bond acceptors (Lipinski definition) is 3. The van der Waals surface area contributed by atoms with E-state index in [1.54, 1.807) is 24.3 Å². The minimum absolute atomic E-state index is 0.124. The monoisotopic (exact) mass is 486 g/mol. The number of hydrogen-bond donors (Lipinski definition) is 1. The zero-order valence-electron chi connectivity index (χ0n) is 20.0. The second-order valence-corrected chi connectivity index (χ2v) is 8.78. The Morgan fingerprint density at radius 2 is 1.57 bits per heavy atom. The summed E-state index contributed by atoms with van der Waals surface area (Å²) in [7, 11) is 0. The highest BCUT2D eigenvalue weighted by Crippen LogP contribution is 2.25. The molecule has 0 fully saturated rings. The maximum atomic E-state index is 13.0. The number of amides is 2. The Balaban J connectivity index is 1.60. The molecule has 0 aliphatic rings. The van der Waals surface area contributed by atoms with Crippen LogP contribution in [0.15, 0.2) is 79.0 Å². The van der Waals surface area contributed by atoms with Gasteiger partial charge in [-0.25, -0.2) is 4.98 Å². The van der Waals surface area contributed by atoms with E-state index >= 15 is 0 Å². The van der Waals surface area contributed by atoms with Crippen LogP contribution in [0.3, 0.4) is 0 Å². The Labute approximate surface area is 210 Å². The number of likely N-dealkylation sites (N-methyl/N-ethyl adjacent to an activating group) is 1. The first-order chi connectivity index (χ1) is 16.9. The van der Waals surface area contributed by atoms with Crippen LogP contribution >= 0.6 is 11.6 Å². The first kappa shape index (κ1) is 24.2. The third-order valence-electron chi connectivity index (χ3n) is 5.72. The summed E-state index contributed by atoms with van der Waals surface area (Å²) in [5, 5.41) is 3.25. The molecule has 4 rings (SSSR count). The minimum atomic E-state index is -0.346. The molecule has 3 aromatic carbocycles. The number of nitrogens with one attached hydrogen (secondary N) is 1. The summed E-state index contributed by atoms with van der Waals surface area (Å²) in [6, 6.07) is 22.9. The van der Waals surface area contributed by atoms with Crippen molar-refractivity contribution in [3.05, 3.63) is 101 Å². The predicted octanol–water partition coefficient (Wildman–Crippen LogP) is 5.91. The van der Waals surface area contributed by atoms with E-state index in [0.717, 1.165) is 28.1 Å². The molecule has 35 heavy (non-hydrogen) atoms. The van der Waals surface area contributed by atoms with E-state index in [0.29, 0.717) is 23.1 Å². The first-order valence-electron chi connectivity index (χ1n) is 11.4. The van der Waals surface area contributed by atoms with Crippen molar-refractivity contribution in [2.45, 2.75) is 20.8 Å². The molecular weight excluding hydrogens is 460 g/mol. The van der Waals surface area contributed by atoms with Crippen molar-refractivity contribution in [3.8, 4) is 16.9 Å². The number of aryl methyl sites for hydroxylation is 2. The van der Waals surface area contributed by atoms with E-state index in [1.165, 1.54) is 4.90 Å². The number of benzene rings is 3. The summed E-state index contributed by atoms with van der Waals surface area (Å²) in [6.07, 6.45) is 1.90. The van der Waals surface area contributed by atoms with Crippen molar-refractivity contribution in [2.75, 3.05) is 18.4 Å². The second kappa shape index (κ2) is 10.6. The highest BCUT2D eigenvalue weighted by molar-refractivity contribution is 6.33. The third kappa shape index (κ3) is 5.61. The van der Waals surface area contributed by atoms with Crippen molar-refractivity contribution < 1.29 is 9.59 Å². The molecule has 178 valence electrons. The van der Waals surface area contributed by atoms with Crippen LogP contribution in [-0.2, 0) is 4.79 Å². The quantitative estimate of drug-likeness (QED) is 0.353. The van der Waals surface area contributed by atoms with Crippen molar-refractivity contribution in [2.24, 2.45) is 0 Å². The molecule has 0 aliphatic carbocycles. The molecular formula is C28H27ClN4O2. The number of halogens is 1. The maximum absolute atomic E-state index is 13.0. The van der Waals surface area contributed by atoms with E-state index in [-0.39, 0.29) is 18.4 Å². The van der Waals surface area contributed by atoms with Crippen molar-refractivity contribution in [1.29, 1.82) is 0 Å². The van der Waals surface area contributed by atoms with Crippen molar-refractivity contribution >= 4 is 29.4 Å². The number of carbonyl (C=O) groups excluding carboxylic acids is 2. The molecule has 4 aromatic rings. The van der Waals surface area contributed by atoms with E-state index < -0.39 is 0 Å². The van der Waals surface area contributed by atoms with Gasteiger partial charge in [0.1, 0.15) is 6.54 Å². The summed E-state index contributed by atoms with van der Waals surface area (Å²) in [4.78, 5) is 32.2. The molecule has 1 heterocycles. The van der Waals surface area contributed by atoms with Gasteiger partial charge in [-0.05, 0) is 45.0 Å². The lowest BCUT2D eigenvalue weighted by Gasteiger charge is -2.21. The van der Waals surface area contributed by atoms with E-state index in [9.17, 15) is 9.59 Å². The van der Waals surface area contributed by atoms with Gasteiger partial charge in [-0.1, -0.05) is 71.3 Å². The molecule has 0 unspecified atom stereocenters. The van der Waals surface area contributed by atoms with E-state index in [1.807, 2.05) is 80.1 Å². The van der Waals surface area contributed by atoms with Gasteiger partial charge in [0, 0.05) is 24.0 Å². The minimum Gasteiger partial charge on any atom is -0.330 e. The van der Waals surface area contributed by atoms with Gasteiger partial charge in [-0.3, -0.25) is 19.5 Å². The fourth-order valence-electron chi connectivity index (χ4n) is 3.70. The number of rotatable bonds is 7. The molecule has 0 radical (unpaired) electrons. The molecule has 7 heteroatoms. The lowest BCUT2D eigenvalue weighted by atomic mass is 10.1. The zero-order chi connectivity index (χ0) is 24.9. The van der Waals surface area contributed by atoms with Gasteiger partial charge >= 0.3 is 0 Å². The summed E-state index contributed by atoms with van der Waals surface area (Å²) in [5.41, 5.74) is 5.21. The normalized spacial score (nSPS) is 10.7. The van der Waals surface area contributed by atoms with Gasteiger partial charge in [-0.15, -0.1) is 0 Å². The molecule has 6 nitrogen and oxygen atoms in total. The molecule has 0 bridgehead atoms. The smallest absolute Gasteiger partial charge is 0.255 e. The number of carbonyl (C=O) groups is 2. The summed E-state index contributed by atoms with van der Waals surface area (Å²) in [6.45, 7) is 6.11. The van der Waals surface area contributed by atoms with Crippen LogP contribution in [0.1, 0.15) is 28.4 Å². The average Bonchev–Trinajstić information content (AvgIpc) is 3.26. The Morgan fingerprint density at radius 1 is 0.943 bits per heavy atom. The number of anilines is 1. The van der Waals surface area contributed by atoms with Gasteiger partial charge < -0.3 is 4.90 Å². The number of nitrogens with zero attached hydrogens (tertiary/aromatic N) is 3. The SMILES string of the molecule is CCN(CC(=O)Nc1nc(-c2ccc(C)cc2)cn1-c1ccc(C)cc1)C(=O)c1ccccc1Cl. The Bertz CT molecular complexity index is 1340. The summed E-state index contributed by atoms with van der Waals surface area (Å²) < 4.78 is 1.85. The molecule has 0 aliphatic heterocycles. The van der Waals surface area contributed by atoms with Gasteiger partial charge in [0.2, 0.25) is 11.9 Å². The Kier molecular flexibility index (Phi) is 7.32. The molecule has 0 atom stereocenters. The Hall–Kier alpha value is -3.90. The van der Waals surface area contributed by atoms with Crippen LogP contribution in [0.4, 0.5) is 5.95 Å². The number of imidazole rings is 1. The summed E-state index contributed by atoms with van der Waals surface area (Å²) >= 11 is 6.20. The van der Waals surface area contributed by atoms with Crippen molar-refractivity contribution in [3.63, 3.8) is 0 Å². The fraction of sp³-hybridized carbons (Fsp3) is 0.179. The van der Waals surface area contributed by atoms with Crippen LogP contribution in [-0.4, -0.2) is 39.4 Å². The molecule has 1 aromatic heterocycles. The Morgan fingerprint density at radius 3 is 2.20 bits per heavy atom. The fourth-order valence-corrected chi connectivity index (χ4v) is 3.92. The van der Waals surface area contributed by atoms with Gasteiger partial charge in [0.05, 0.1) is 16.3 Å². The van der Waals surface area contributed by atoms with Crippen LogP contribution in [0, 0.1) is 13.8 Å². The highest BCUT2D eigenvalue weighted by Gasteiger charge is 2.21. The second-order valence-electron chi connectivity index (χ2n) is 8.37. The standard InChI is InChI=1S/C28H27ClN4O2/c1-4-32(27(35)23-7-5-6-8-24(23)29)18-26(34)31-28-30-25(21-13-9-19(2)10-14-21)17-33(28)22-15-11-20(3)12-16-22/h5-17H,4,18H2,1-3H3,(H,30,31,34). The topological polar surface area (TPSA) is 67.2 Å². The predicted molar refractivity (Wildman–Crippen MR) is 140 cm³/mol. The molecule has 2 amide bonds. The molecule has 0 saturated heterocycles. The molecule has 0 spiro atoms. The number of aromatic nitrogens is 2. The third-order valence-corrected chi connectivity index (χ3v) is 6.05. The van der Waals surface area contributed by atoms with Crippen LogP contribution < -0.4 is 5.32 Å². The van der Waals surface area contributed by atoms with E-state index in [4.69, 9.17) is 16.6 Å². The average molecular weight is 487 g/mol. The van der Waals surface area contributed by atoms with Gasteiger partial charge in [-0.2, -0.15) is 0 Å². The van der Waals surface area contributed by atoms with Crippen LogP contribution in [0.2, 0.25) is 5.02 Å². The van der Waals surface area contributed by atoms with Gasteiger partial charge in [0.15, 0.2) is 0 Å². The van der Waals surface area contributed by atoms with E-state index in [2.05, 4.69) is 5.32 Å². The largest absolute Gasteiger partial charge is 0.330 e. The maximum Gasteiger partial charge on any atom is 0.255 e. The highest BCUT2D eigenvalue weighted by atomic mass is 35.5. The first-order valence-corrected chi connectivity index (χ1v) is 11.8. The molecule has 0 saturated carbocycles. The van der Waals surface area contributed by atoms with Gasteiger partial charge in [0.25, 0.3) is 5.91 Å². The van der Waals surface area contributed by atoms with Crippen molar-refractivity contribution in [1.82, 2.24) is 14.5 Å². The summed E-state index contributed by atoms with van der Waals surface area (Å²) in [5.74, 6) is -0.257.